The number of carboxylic acid groups (broad SMARTS) is 1. The molecule has 9 heteroatoms. The maximum atomic E-state index is 13.2. The van der Waals surface area contributed by atoms with Crippen LogP contribution in [0.4, 0.5) is 27.6 Å². The van der Waals surface area contributed by atoms with E-state index in [-0.39, 0.29) is 0 Å². The van der Waals surface area contributed by atoms with Crippen LogP contribution in [-0.2, 0) is 4.79 Å². The van der Waals surface area contributed by atoms with Crippen molar-refractivity contribution in [1.29, 1.82) is 0 Å². The van der Waals surface area contributed by atoms with Gasteiger partial charge in [0.05, 0.1) is 11.3 Å². The summed E-state index contributed by atoms with van der Waals surface area (Å²) in [5.41, 5.74) is -1.31. The molecule has 0 aromatic heterocycles. The van der Waals surface area contributed by atoms with E-state index in [2.05, 4.69) is 0 Å². The third kappa shape index (κ3) is 3.18. The Bertz CT molecular complexity index is 518. The normalized spacial score (nSPS) is 11.5. The molecule has 0 saturated heterocycles. The van der Waals surface area contributed by atoms with Crippen LogP contribution in [0, 0.1) is 5.82 Å². The van der Waals surface area contributed by atoms with E-state index in [9.17, 15) is 31.5 Å². The van der Waals surface area contributed by atoms with Gasteiger partial charge in [0.25, 0.3) is 0 Å². The molecule has 4 nitrogen and oxygen atoms in total. The highest BCUT2D eigenvalue weighted by Crippen LogP contribution is 2.25. The molecule has 1 aromatic rings. The van der Waals surface area contributed by atoms with Crippen molar-refractivity contribution in [2.45, 2.75) is 12.3 Å². The topological polar surface area (TPSA) is 66.4 Å². The van der Waals surface area contributed by atoms with E-state index >= 15 is 0 Å². The van der Waals surface area contributed by atoms with Crippen LogP contribution in [0.3, 0.4) is 0 Å². The Morgan fingerprint density at radius 2 is 1.84 bits per heavy atom. The van der Waals surface area contributed by atoms with E-state index in [1.165, 1.54) is 5.32 Å². The first kappa shape index (κ1) is 14.9. The average molecular weight is 283 g/mol. The highest BCUT2D eigenvalue weighted by Gasteiger charge is 2.49. The average Bonchev–Trinajstić information content (AvgIpc) is 2.30. The summed E-state index contributed by atoms with van der Waals surface area (Å²) < 4.78 is 62.1. The number of carboxylic acids is 1. The fraction of sp³-hybridized carbons (Fsp3) is 0.200. The molecule has 0 heterocycles. The minimum atomic E-state index is -4.97. The van der Waals surface area contributed by atoms with Gasteiger partial charge in [-0.3, -0.25) is 4.79 Å². The van der Waals surface area contributed by atoms with Crippen molar-refractivity contribution in [2.24, 2.45) is 0 Å². The standard InChI is InChI=1S/C10H6F5NO3/c11-5-3-4(7(17)18)1-2-6(5)16-9(19)10(14,15)8(12)13/h1-3,8H,(H,16,19)(H,17,18). The fourth-order valence-electron chi connectivity index (χ4n) is 1.05. The molecule has 104 valence electrons. The first-order valence-corrected chi connectivity index (χ1v) is 4.66. The molecule has 1 aromatic carbocycles. The third-order valence-corrected chi connectivity index (χ3v) is 2.04. The van der Waals surface area contributed by atoms with Crippen LogP contribution in [0.1, 0.15) is 10.4 Å². The highest BCUT2D eigenvalue weighted by molar-refractivity contribution is 5.97. The first-order valence-electron chi connectivity index (χ1n) is 4.66. The second kappa shape index (κ2) is 5.21. The Labute approximate surface area is 102 Å². The molecule has 0 unspecified atom stereocenters. The molecular weight excluding hydrogens is 277 g/mol. The number of carbonyl (C=O) groups is 2. The summed E-state index contributed by atoms with van der Waals surface area (Å²) in [6.45, 7) is 0. The predicted molar refractivity (Wildman–Crippen MR) is 52.9 cm³/mol. The van der Waals surface area contributed by atoms with Gasteiger partial charge in [0.2, 0.25) is 0 Å². The van der Waals surface area contributed by atoms with Crippen molar-refractivity contribution in [2.75, 3.05) is 5.32 Å². The van der Waals surface area contributed by atoms with Crippen molar-refractivity contribution in [3.05, 3.63) is 29.6 Å². The number of benzene rings is 1. The summed E-state index contributed by atoms with van der Waals surface area (Å²) in [5.74, 6) is -10.2. The van der Waals surface area contributed by atoms with Crippen molar-refractivity contribution >= 4 is 17.6 Å². The Morgan fingerprint density at radius 3 is 2.26 bits per heavy atom. The van der Waals surface area contributed by atoms with E-state index in [4.69, 9.17) is 5.11 Å². The third-order valence-electron chi connectivity index (χ3n) is 2.04. The quantitative estimate of drug-likeness (QED) is 0.834. The number of nitrogens with one attached hydrogen (secondary N) is 1. The number of anilines is 1. The van der Waals surface area contributed by atoms with Crippen molar-refractivity contribution < 1.29 is 36.6 Å². The van der Waals surface area contributed by atoms with Gasteiger partial charge in [-0.2, -0.15) is 8.78 Å². The molecule has 0 saturated carbocycles. The van der Waals surface area contributed by atoms with Crippen LogP contribution in [0.25, 0.3) is 0 Å². The minimum absolute atomic E-state index is 0.457. The molecule has 2 N–H and O–H groups in total. The van der Waals surface area contributed by atoms with Gasteiger partial charge in [0.15, 0.2) is 0 Å². The van der Waals surface area contributed by atoms with Crippen LogP contribution in [0.5, 0.6) is 0 Å². The number of alkyl halides is 4. The molecule has 0 spiro atoms. The lowest BCUT2D eigenvalue weighted by molar-refractivity contribution is -0.163. The molecule has 0 fully saturated rings. The Balaban J connectivity index is 2.95. The van der Waals surface area contributed by atoms with E-state index in [0.29, 0.717) is 12.1 Å². The van der Waals surface area contributed by atoms with Gasteiger partial charge < -0.3 is 10.4 Å². The zero-order valence-corrected chi connectivity index (χ0v) is 8.96. The van der Waals surface area contributed by atoms with Crippen molar-refractivity contribution in [1.82, 2.24) is 0 Å². The second-order valence-corrected chi connectivity index (χ2v) is 3.38. The van der Waals surface area contributed by atoms with Crippen molar-refractivity contribution in [3.63, 3.8) is 0 Å². The Morgan fingerprint density at radius 1 is 1.26 bits per heavy atom. The second-order valence-electron chi connectivity index (χ2n) is 3.38. The molecule has 1 amide bonds. The van der Waals surface area contributed by atoms with Crippen LogP contribution in [0.2, 0.25) is 0 Å². The zero-order chi connectivity index (χ0) is 14.8. The van der Waals surface area contributed by atoms with Crippen LogP contribution in [-0.4, -0.2) is 29.3 Å². The molecule has 0 atom stereocenters. The summed E-state index contributed by atoms with van der Waals surface area (Å²) in [6, 6.07) is 1.96. The van der Waals surface area contributed by atoms with E-state index in [1.54, 1.807) is 0 Å². The number of rotatable bonds is 4. The largest absolute Gasteiger partial charge is 0.478 e. The first-order chi connectivity index (χ1) is 8.66. The maximum Gasteiger partial charge on any atom is 0.383 e. The lowest BCUT2D eigenvalue weighted by Crippen LogP contribution is -2.41. The van der Waals surface area contributed by atoms with Gasteiger partial charge in [0, 0.05) is 0 Å². The van der Waals surface area contributed by atoms with E-state index < -0.39 is 41.3 Å². The molecule has 0 aliphatic carbocycles. The molecule has 0 aliphatic rings. The summed E-state index contributed by atoms with van der Waals surface area (Å²) in [6.07, 6.45) is -4.24. The van der Waals surface area contributed by atoms with Gasteiger partial charge >= 0.3 is 24.2 Å². The van der Waals surface area contributed by atoms with Gasteiger partial charge in [-0.15, -0.1) is 0 Å². The summed E-state index contributed by atoms with van der Waals surface area (Å²) >= 11 is 0. The van der Waals surface area contributed by atoms with Gasteiger partial charge in [0.1, 0.15) is 5.82 Å². The summed E-state index contributed by atoms with van der Waals surface area (Å²) in [4.78, 5) is 21.3. The van der Waals surface area contributed by atoms with Gasteiger partial charge in [-0.25, -0.2) is 18.0 Å². The molecule has 0 bridgehead atoms. The SMILES string of the molecule is O=C(O)c1ccc(NC(=O)C(F)(F)C(F)F)c(F)c1. The van der Waals surface area contributed by atoms with Gasteiger partial charge in [-0.05, 0) is 18.2 Å². The Hall–Kier alpha value is -2.19. The number of carbonyl (C=O) groups excluding carboxylic acids is 1. The lowest BCUT2D eigenvalue weighted by Gasteiger charge is -2.15. The minimum Gasteiger partial charge on any atom is -0.478 e. The molecule has 0 radical (unpaired) electrons. The highest BCUT2D eigenvalue weighted by atomic mass is 19.3. The predicted octanol–water partition coefficient (Wildman–Crippen LogP) is 2.36. The lowest BCUT2D eigenvalue weighted by atomic mass is 10.2. The maximum absolute atomic E-state index is 13.2. The number of aromatic carboxylic acids is 1. The monoisotopic (exact) mass is 283 g/mol. The summed E-state index contributed by atoms with van der Waals surface area (Å²) in [7, 11) is 0. The smallest absolute Gasteiger partial charge is 0.383 e. The van der Waals surface area contributed by atoms with E-state index in [0.717, 1.165) is 6.07 Å². The number of hydrogen-bond donors (Lipinski definition) is 2. The molecular formula is C10H6F5NO3. The summed E-state index contributed by atoms with van der Waals surface area (Å²) in [5, 5.41) is 9.77. The van der Waals surface area contributed by atoms with Crippen LogP contribution < -0.4 is 5.32 Å². The van der Waals surface area contributed by atoms with Crippen LogP contribution >= 0.6 is 0 Å². The zero-order valence-electron chi connectivity index (χ0n) is 8.96. The number of hydrogen-bond acceptors (Lipinski definition) is 2. The van der Waals surface area contributed by atoms with Gasteiger partial charge in [-0.1, -0.05) is 0 Å². The van der Waals surface area contributed by atoms with Crippen LogP contribution in [0.15, 0.2) is 18.2 Å². The van der Waals surface area contributed by atoms with Crippen molar-refractivity contribution in [3.8, 4) is 0 Å². The molecule has 1 rings (SSSR count). The number of amides is 1. The number of halogens is 5. The fourth-order valence-corrected chi connectivity index (χ4v) is 1.05. The van der Waals surface area contributed by atoms with E-state index in [1.807, 2.05) is 0 Å². The molecule has 0 aliphatic heterocycles. The molecule has 19 heavy (non-hydrogen) atoms. The Kier molecular flexibility index (Phi) is 4.07.